The molecule has 19 heavy (non-hydrogen) atoms. The van der Waals surface area contributed by atoms with Gasteiger partial charge < -0.3 is 19.7 Å². The molecule has 2 fully saturated rings. The normalized spacial score (nSPS) is 30.3. The predicted molar refractivity (Wildman–Crippen MR) is 70.8 cm³/mol. The summed E-state index contributed by atoms with van der Waals surface area (Å²) in [4.78, 5) is 2.22. The molecule has 2 atom stereocenters. The van der Waals surface area contributed by atoms with E-state index in [1.807, 2.05) is 0 Å². The van der Waals surface area contributed by atoms with Gasteiger partial charge in [-0.25, -0.2) is 0 Å². The molecule has 0 amide bonds. The van der Waals surface area contributed by atoms with Crippen LogP contribution < -0.4 is 10.2 Å². The lowest BCUT2D eigenvalue weighted by atomic mass is 10.0. The Kier molecular flexibility index (Phi) is 3.45. The summed E-state index contributed by atoms with van der Waals surface area (Å²) in [5.41, 5.74) is 0. The molecular weight excluding hydrogens is 244 g/mol. The van der Waals surface area contributed by atoms with Crippen molar-refractivity contribution in [1.82, 2.24) is 15.5 Å². The minimum absolute atomic E-state index is 0.168. The van der Waals surface area contributed by atoms with E-state index in [1.165, 1.54) is 0 Å². The standard InChI is InChI=1S/C13H22N4O2/c1-8(2)14-7-12-15-16-13(19-12)17-9-3-4-10(17)6-11(18)5-9/h8-11,14,18H,3-7H2,1-2H3. The second kappa shape index (κ2) is 5.09. The Morgan fingerprint density at radius 1 is 1.32 bits per heavy atom. The Morgan fingerprint density at radius 3 is 2.63 bits per heavy atom. The Labute approximate surface area is 113 Å². The third-order valence-corrected chi connectivity index (χ3v) is 4.05. The van der Waals surface area contributed by atoms with Gasteiger partial charge in [-0.3, -0.25) is 0 Å². The molecule has 2 aliphatic heterocycles. The number of hydrogen-bond acceptors (Lipinski definition) is 6. The first-order valence-electron chi connectivity index (χ1n) is 7.15. The summed E-state index contributed by atoms with van der Waals surface area (Å²) in [6.07, 6.45) is 3.70. The lowest BCUT2D eigenvalue weighted by Crippen LogP contribution is -2.45. The van der Waals surface area contributed by atoms with Crippen LogP contribution in [0, 0.1) is 0 Å². The smallest absolute Gasteiger partial charge is 0.318 e. The van der Waals surface area contributed by atoms with Gasteiger partial charge in [-0.1, -0.05) is 18.9 Å². The van der Waals surface area contributed by atoms with Crippen molar-refractivity contribution in [2.45, 2.75) is 70.3 Å². The van der Waals surface area contributed by atoms with Crippen molar-refractivity contribution in [2.24, 2.45) is 0 Å². The number of aliphatic hydroxyl groups excluding tert-OH is 1. The highest BCUT2D eigenvalue weighted by Crippen LogP contribution is 2.38. The maximum atomic E-state index is 9.80. The Morgan fingerprint density at radius 2 is 2.00 bits per heavy atom. The molecule has 6 nitrogen and oxygen atoms in total. The first-order valence-corrected chi connectivity index (χ1v) is 7.15. The quantitative estimate of drug-likeness (QED) is 0.849. The van der Waals surface area contributed by atoms with Gasteiger partial charge in [-0.2, -0.15) is 0 Å². The summed E-state index contributed by atoms with van der Waals surface area (Å²) >= 11 is 0. The summed E-state index contributed by atoms with van der Waals surface area (Å²) in [7, 11) is 0. The molecular formula is C13H22N4O2. The monoisotopic (exact) mass is 266 g/mol. The fourth-order valence-corrected chi connectivity index (χ4v) is 3.17. The van der Waals surface area contributed by atoms with Crippen molar-refractivity contribution in [3.8, 4) is 0 Å². The van der Waals surface area contributed by atoms with Crippen molar-refractivity contribution in [1.29, 1.82) is 0 Å². The molecule has 2 saturated heterocycles. The van der Waals surface area contributed by atoms with Gasteiger partial charge in [-0.05, 0) is 25.7 Å². The van der Waals surface area contributed by atoms with Gasteiger partial charge in [-0.15, -0.1) is 5.10 Å². The molecule has 2 bridgehead atoms. The van der Waals surface area contributed by atoms with Crippen molar-refractivity contribution < 1.29 is 9.52 Å². The van der Waals surface area contributed by atoms with Gasteiger partial charge in [0.05, 0.1) is 12.6 Å². The van der Waals surface area contributed by atoms with Crippen LogP contribution in [-0.2, 0) is 6.54 Å². The molecule has 1 aromatic heterocycles. The number of nitrogens with zero attached hydrogens (tertiary/aromatic N) is 3. The maximum absolute atomic E-state index is 9.80. The molecule has 106 valence electrons. The van der Waals surface area contributed by atoms with Gasteiger partial charge in [0.2, 0.25) is 5.89 Å². The zero-order valence-electron chi connectivity index (χ0n) is 11.5. The fraction of sp³-hybridized carbons (Fsp3) is 0.846. The summed E-state index contributed by atoms with van der Waals surface area (Å²) < 4.78 is 5.75. The number of nitrogens with one attached hydrogen (secondary N) is 1. The summed E-state index contributed by atoms with van der Waals surface area (Å²) in [5.74, 6) is 0.634. The van der Waals surface area contributed by atoms with Crippen molar-refractivity contribution in [3.63, 3.8) is 0 Å². The molecule has 0 aromatic carbocycles. The number of aliphatic hydroxyl groups is 1. The van der Waals surface area contributed by atoms with Crippen molar-refractivity contribution in [2.75, 3.05) is 4.90 Å². The van der Waals surface area contributed by atoms with E-state index in [4.69, 9.17) is 4.42 Å². The zero-order valence-corrected chi connectivity index (χ0v) is 11.5. The Bertz CT molecular complexity index is 420. The zero-order chi connectivity index (χ0) is 13.4. The highest BCUT2D eigenvalue weighted by atomic mass is 16.4. The molecule has 0 saturated carbocycles. The Balaban J connectivity index is 1.69. The molecule has 3 heterocycles. The van der Waals surface area contributed by atoms with Crippen LogP contribution in [0.25, 0.3) is 0 Å². The third kappa shape index (κ3) is 2.60. The lowest BCUT2D eigenvalue weighted by molar-refractivity contribution is 0.124. The number of piperidine rings is 1. The van der Waals surface area contributed by atoms with E-state index >= 15 is 0 Å². The molecule has 0 aliphatic carbocycles. The first kappa shape index (κ1) is 12.9. The number of aromatic nitrogens is 2. The topological polar surface area (TPSA) is 74.4 Å². The number of fused-ring (bicyclic) bond motifs is 2. The van der Waals surface area contributed by atoms with Crippen molar-refractivity contribution in [3.05, 3.63) is 5.89 Å². The minimum atomic E-state index is -0.168. The summed E-state index contributed by atoms with van der Waals surface area (Å²) in [5, 5.41) is 21.3. The van der Waals surface area contributed by atoms with E-state index in [0.29, 0.717) is 36.6 Å². The molecule has 2 aliphatic rings. The average Bonchev–Trinajstić information content (AvgIpc) is 2.90. The lowest BCUT2D eigenvalue weighted by Gasteiger charge is -2.35. The van der Waals surface area contributed by atoms with E-state index in [0.717, 1.165) is 25.7 Å². The van der Waals surface area contributed by atoms with Gasteiger partial charge in [0, 0.05) is 18.1 Å². The van der Waals surface area contributed by atoms with Gasteiger partial charge in [0.15, 0.2) is 0 Å². The second-order valence-electron chi connectivity index (χ2n) is 5.93. The van der Waals surface area contributed by atoms with Crippen LogP contribution in [0.4, 0.5) is 6.01 Å². The number of hydrogen-bond donors (Lipinski definition) is 2. The molecule has 6 heteroatoms. The van der Waals surface area contributed by atoms with Crippen LogP contribution in [0.1, 0.15) is 45.4 Å². The summed E-state index contributed by atoms with van der Waals surface area (Å²) in [6, 6.07) is 1.75. The van der Waals surface area contributed by atoms with Gasteiger partial charge in [0.25, 0.3) is 0 Å². The van der Waals surface area contributed by atoms with E-state index < -0.39 is 0 Å². The molecule has 0 spiro atoms. The van der Waals surface area contributed by atoms with Gasteiger partial charge in [0.1, 0.15) is 0 Å². The maximum Gasteiger partial charge on any atom is 0.318 e. The average molecular weight is 266 g/mol. The van der Waals surface area contributed by atoms with Crippen molar-refractivity contribution >= 4 is 6.01 Å². The SMILES string of the molecule is CC(C)NCc1nnc(N2C3CCC2CC(O)C3)o1. The van der Waals surface area contributed by atoms with E-state index in [2.05, 4.69) is 34.3 Å². The van der Waals surface area contributed by atoms with Crippen LogP contribution in [0.2, 0.25) is 0 Å². The molecule has 3 rings (SSSR count). The van der Waals surface area contributed by atoms with Crippen LogP contribution >= 0.6 is 0 Å². The molecule has 2 N–H and O–H groups in total. The second-order valence-corrected chi connectivity index (χ2v) is 5.93. The van der Waals surface area contributed by atoms with Gasteiger partial charge >= 0.3 is 6.01 Å². The van der Waals surface area contributed by atoms with E-state index in [1.54, 1.807) is 0 Å². The predicted octanol–water partition coefficient (Wildman–Crippen LogP) is 1.06. The number of rotatable bonds is 4. The van der Waals surface area contributed by atoms with Crippen LogP contribution in [0.15, 0.2) is 4.42 Å². The van der Waals surface area contributed by atoms with Crippen LogP contribution in [-0.4, -0.2) is 39.5 Å². The number of anilines is 1. The fourth-order valence-electron chi connectivity index (χ4n) is 3.17. The first-order chi connectivity index (χ1) is 9.13. The van der Waals surface area contributed by atoms with E-state index in [-0.39, 0.29) is 6.10 Å². The summed E-state index contributed by atoms with van der Waals surface area (Å²) in [6.45, 7) is 4.78. The molecule has 1 aromatic rings. The third-order valence-electron chi connectivity index (χ3n) is 4.05. The molecule has 2 unspecified atom stereocenters. The Hall–Kier alpha value is -1.14. The van der Waals surface area contributed by atoms with Crippen LogP contribution in [0.3, 0.4) is 0 Å². The molecule has 0 radical (unpaired) electrons. The minimum Gasteiger partial charge on any atom is -0.407 e. The van der Waals surface area contributed by atoms with E-state index in [9.17, 15) is 5.11 Å². The largest absolute Gasteiger partial charge is 0.407 e. The highest BCUT2D eigenvalue weighted by molar-refractivity contribution is 5.33. The van der Waals surface area contributed by atoms with Crippen LogP contribution in [0.5, 0.6) is 0 Å². The highest BCUT2D eigenvalue weighted by Gasteiger charge is 2.42.